The molecule has 2 aromatic rings. The molecule has 0 atom stereocenters. The van der Waals surface area contributed by atoms with E-state index in [2.05, 4.69) is 10.00 Å². The van der Waals surface area contributed by atoms with Crippen molar-refractivity contribution in [3.63, 3.8) is 0 Å². The fourth-order valence-corrected chi connectivity index (χ4v) is 3.52. The first kappa shape index (κ1) is 19.6. The van der Waals surface area contributed by atoms with Gasteiger partial charge in [0.1, 0.15) is 18.4 Å². The number of piperazine rings is 1. The first-order chi connectivity index (χ1) is 12.8. The van der Waals surface area contributed by atoms with Gasteiger partial charge in [-0.2, -0.15) is 5.10 Å². The molecule has 10 heteroatoms. The smallest absolute Gasteiger partial charge is 0.309 e. The van der Waals surface area contributed by atoms with E-state index in [1.54, 1.807) is 17.9 Å². The number of hydrogen-bond donors (Lipinski definition) is 0. The second-order valence-corrected chi connectivity index (χ2v) is 7.29. The zero-order chi connectivity index (χ0) is 19.6. The summed E-state index contributed by atoms with van der Waals surface area (Å²) < 4.78 is 1.33. The lowest BCUT2D eigenvalue weighted by Crippen LogP contribution is -2.49. The molecule has 144 valence electrons. The number of nitro groups is 1. The second kappa shape index (κ2) is 8.24. The molecule has 27 heavy (non-hydrogen) atoms. The van der Waals surface area contributed by atoms with Gasteiger partial charge in [0, 0.05) is 42.8 Å². The van der Waals surface area contributed by atoms with Crippen molar-refractivity contribution in [3.8, 4) is 0 Å². The molecule has 8 nitrogen and oxygen atoms in total. The lowest BCUT2D eigenvalue weighted by atomic mass is 10.2. The van der Waals surface area contributed by atoms with Gasteiger partial charge in [0.05, 0.1) is 4.92 Å². The van der Waals surface area contributed by atoms with Gasteiger partial charge in [0.25, 0.3) is 0 Å². The Kier molecular flexibility index (Phi) is 5.98. The van der Waals surface area contributed by atoms with E-state index in [9.17, 15) is 14.9 Å². The fraction of sp³-hybridized carbons (Fsp3) is 0.412. The summed E-state index contributed by atoms with van der Waals surface area (Å²) in [6, 6.07) is 5.45. The number of hydrogen-bond acceptors (Lipinski definition) is 5. The van der Waals surface area contributed by atoms with E-state index in [4.69, 9.17) is 23.2 Å². The van der Waals surface area contributed by atoms with Crippen LogP contribution in [0.15, 0.2) is 24.4 Å². The van der Waals surface area contributed by atoms with Crippen molar-refractivity contribution in [3.05, 3.63) is 55.8 Å². The number of aryl methyl sites for hydroxylation is 1. The highest BCUT2D eigenvalue weighted by atomic mass is 35.5. The average molecular weight is 412 g/mol. The first-order valence-corrected chi connectivity index (χ1v) is 9.21. The number of rotatable bonds is 5. The minimum atomic E-state index is -0.496. The predicted octanol–water partition coefficient (Wildman–Crippen LogP) is 2.75. The molecule has 0 N–H and O–H groups in total. The van der Waals surface area contributed by atoms with E-state index in [1.165, 1.54) is 10.9 Å². The van der Waals surface area contributed by atoms with Crippen molar-refractivity contribution in [1.29, 1.82) is 0 Å². The van der Waals surface area contributed by atoms with Crippen LogP contribution in [0.4, 0.5) is 5.69 Å². The first-order valence-electron chi connectivity index (χ1n) is 8.46. The topological polar surface area (TPSA) is 84.5 Å². The molecule has 0 bridgehead atoms. The number of aromatic nitrogens is 2. The Morgan fingerprint density at radius 3 is 2.56 bits per heavy atom. The van der Waals surface area contributed by atoms with Gasteiger partial charge in [-0.25, -0.2) is 0 Å². The van der Waals surface area contributed by atoms with Gasteiger partial charge in [0.15, 0.2) is 0 Å². The van der Waals surface area contributed by atoms with Crippen molar-refractivity contribution in [2.45, 2.75) is 20.0 Å². The highest BCUT2D eigenvalue weighted by molar-refractivity contribution is 6.35. The molecular weight excluding hydrogens is 393 g/mol. The quantitative estimate of drug-likeness (QED) is 0.557. The lowest BCUT2D eigenvalue weighted by Gasteiger charge is -2.34. The molecule has 1 aromatic carbocycles. The molecule has 1 aliphatic heterocycles. The molecule has 0 spiro atoms. The van der Waals surface area contributed by atoms with E-state index in [0.29, 0.717) is 35.4 Å². The summed E-state index contributed by atoms with van der Waals surface area (Å²) in [5.41, 5.74) is 1.23. The molecule has 0 unspecified atom stereocenters. The van der Waals surface area contributed by atoms with Crippen molar-refractivity contribution in [2.24, 2.45) is 0 Å². The van der Waals surface area contributed by atoms with Gasteiger partial charge in [0.2, 0.25) is 5.91 Å². The van der Waals surface area contributed by atoms with Crippen molar-refractivity contribution in [2.75, 3.05) is 26.2 Å². The van der Waals surface area contributed by atoms with Crippen LogP contribution in [0.1, 0.15) is 11.3 Å². The maximum Gasteiger partial charge on any atom is 0.309 e. The molecule has 3 rings (SSSR count). The molecule has 0 aliphatic carbocycles. The number of carbonyl (C=O) groups excluding carboxylic acids is 1. The molecule has 2 heterocycles. The van der Waals surface area contributed by atoms with Crippen LogP contribution in [0.5, 0.6) is 0 Å². The molecule has 1 aromatic heterocycles. The van der Waals surface area contributed by atoms with Crippen LogP contribution in [0.2, 0.25) is 10.0 Å². The number of nitrogens with zero attached hydrogens (tertiary/aromatic N) is 5. The third-order valence-corrected chi connectivity index (χ3v) is 5.14. The Labute approximate surface area is 166 Å². The van der Waals surface area contributed by atoms with Gasteiger partial charge < -0.3 is 4.90 Å². The van der Waals surface area contributed by atoms with Crippen LogP contribution in [0.25, 0.3) is 0 Å². The van der Waals surface area contributed by atoms with E-state index in [-0.39, 0.29) is 18.1 Å². The number of halogens is 2. The Hall–Kier alpha value is -2.16. The standard InChI is InChI=1S/C17H19Cl2N5O3/c1-12-16(24(26)27)10-23(20-12)11-17(25)22-6-4-21(5-7-22)9-13-2-3-14(18)8-15(13)19/h2-3,8,10H,4-7,9,11H2,1H3. The molecular formula is C17H19Cl2N5O3. The van der Waals surface area contributed by atoms with E-state index >= 15 is 0 Å². The third kappa shape index (κ3) is 4.77. The zero-order valence-electron chi connectivity index (χ0n) is 14.8. The van der Waals surface area contributed by atoms with Crippen molar-refractivity contribution < 1.29 is 9.72 Å². The number of amides is 1. The van der Waals surface area contributed by atoms with Gasteiger partial charge in [-0.05, 0) is 24.6 Å². The highest BCUT2D eigenvalue weighted by Gasteiger charge is 2.23. The van der Waals surface area contributed by atoms with Gasteiger partial charge in [-0.15, -0.1) is 0 Å². The summed E-state index contributed by atoms with van der Waals surface area (Å²) >= 11 is 12.1. The molecule has 1 fully saturated rings. The van der Waals surface area contributed by atoms with Crippen molar-refractivity contribution in [1.82, 2.24) is 19.6 Å². The van der Waals surface area contributed by atoms with E-state index in [1.807, 2.05) is 12.1 Å². The monoisotopic (exact) mass is 411 g/mol. The van der Waals surface area contributed by atoms with Crippen LogP contribution in [0, 0.1) is 17.0 Å². The number of benzene rings is 1. The Balaban J connectivity index is 1.53. The Bertz CT molecular complexity index is 862. The Morgan fingerprint density at radius 2 is 1.96 bits per heavy atom. The summed E-state index contributed by atoms with van der Waals surface area (Å²) in [6.45, 7) is 4.88. The maximum absolute atomic E-state index is 12.5. The third-order valence-electron chi connectivity index (χ3n) is 4.55. The second-order valence-electron chi connectivity index (χ2n) is 6.45. The minimum Gasteiger partial charge on any atom is -0.339 e. The van der Waals surface area contributed by atoms with E-state index < -0.39 is 4.92 Å². The van der Waals surface area contributed by atoms with Crippen molar-refractivity contribution >= 4 is 34.8 Å². The largest absolute Gasteiger partial charge is 0.339 e. The number of carbonyl (C=O) groups is 1. The average Bonchev–Trinajstić information content (AvgIpc) is 2.98. The summed E-state index contributed by atoms with van der Waals surface area (Å²) in [4.78, 5) is 26.8. The van der Waals surface area contributed by atoms with Gasteiger partial charge in [-0.1, -0.05) is 29.3 Å². The Morgan fingerprint density at radius 1 is 1.26 bits per heavy atom. The van der Waals surface area contributed by atoms with Crippen LogP contribution in [-0.4, -0.2) is 56.6 Å². The molecule has 1 saturated heterocycles. The molecule has 1 aliphatic rings. The fourth-order valence-electron chi connectivity index (χ4n) is 3.05. The molecule has 0 radical (unpaired) electrons. The highest BCUT2D eigenvalue weighted by Crippen LogP contribution is 2.23. The van der Waals surface area contributed by atoms with Crippen LogP contribution in [0.3, 0.4) is 0 Å². The molecule has 1 amide bonds. The van der Waals surface area contributed by atoms with Gasteiger partial charge >= 0.3 is 5.69 Å². The summed E-state index contributed by atoms with van der Waals surface area (Å²) in [7, 11) is 0. The summed E-state index contributed by atoms with van der Waals surface area (Å²) in [5, 5.41) is 16.2. The normalized spacial score (nSPS) is 15.1. The van der Waals surface area contributed by atoms with Crippen LogP contribution >= 0.6 is 23.2 Å². The summed E-state index contributed by atoms with van der Waals surface area (Å²) in [6.07, 6.45) is 1.30. The molecule has 0 saturated carbocycles. The zero-order valence-corrected chi connectivity index (χ0v) is 16.3. The van der Waals surface area contributed by atoms with Crippen LogP contribution < -0.4 is 0 Å². The maximum atomic E-state index is 12.5. The predicted molar refractivity (Wildman–Crippen MR) is 102 cm³/mol. The minimum absolute atomic E-state index is 0.00229. The SMILES string of the molecule is Cc1nn(CC(=O)N2CCN(Cc3ccc(Cl)cc3Cl)CC2)cc1[N+](=O)[O-]. The van der Waals surface area contributed by atoms with Crippen LogP contribution in [-0.2, 0) is 17.9 Å². The van der Waals surface area contributed by atoms with Gasteiger partial charge in [-0.3, -0.25) is 24.5 Å². The van der Waals surface area contributed by atoms with E-state index in [0.717, 1.165) is 18.7 Å². The lowest BCUT2D eigenvalue weighted by molar-refractivity contribution is -0.385. The summed E-state index contributed by atoms with van der Waals surface area (Å²) in [5.74, 6) is -0.100.